The van der Waals surface area contributed by atoms with E-state index in [0.717, 1.165) is 36.1 Å². The van der Waals surface area contributed by atoms with Gasteiger partial charge < -0.3 is 10.5 Å². The Bertz CT molecular complexity index is 628. The van der Waals surface area contributed by atoms with E-state index in [-0.39, 0.29) is 0 Å². The van der Waals surface area contributed by atoms with Gasteiger partial charge in [0.15, 0.2) is 0 Å². The van der Waals surface area contributed by atoms with Crippen molar-refractivity contribution in [3.05, 3.63) is 35.9 Å². The summed E-state index contributed by atoms with van der Waals surface area (Å²) >= 11 is 0. The van der Waals surface area contributed by atoms with Crippen molar-refractivity contribution in [1.29, 1.82) is 0 Å². The van der Waals surface area contributed by atoms with Gasteiger partial charge in [0.05, 0.1) is 11.6 Å². The highest BCUT2D eigenvalue weighted by Gasteiger charge is 2.26. The Kier molecular flexibility index (Phi) is 4.08. The third-order valence-corrected chi connectivity index (χ3v) is 4.51. The second kappa shape index (κ2) is 6.00. The first-order chi connectivity index (χ1) is 10.2. The van der Waals surface area contributed by atoms with Gasteiger partial charge in [-0.15, -0.1) is 0 Å². The number of methoxy groups -OCH3 is 1. The average molecular weight is 285 g/mol. The molecule has 4 heteroatoms. The van der Waals surface area contributed by atoms with E-state index in [9.17, 15) is 0 Å². The lowest BCUT2D eigenvalue weighted by molar-refractivity contribution is -0.00740. The smallest absolute Gasteiger partial charge is 0.128 e. The first-order valence-corrected chi connectivity index (χ1v) is 7.56. The second-order valence-corrected chi connectivity index (χ2v) is 6.00. The molecule has 21 heavy (non-hydrogen) atoms. The van der Waals surface area contributed by atoms with E-state index in [0.29, 0.717) is 17.8 Å². The maximum absolute atomic E-state index is 6.13. The number of para-hydroxylation sites is 1. The number of anilines is 1. The Labute approximate surface area is 125 Å². The van der Waals surface area contributed by atoms with Crippen LogP contribution in [0.1, 0.15) is 18.9 Å². The lowest BCUT2D eigenvalue weighted by Gasteiger charge is -2.36. The maximum atomic E-state index is 6.13. The number of aromatic nitrogens is 1. The van der Waals surface area contributed by atoms with Crippen LogP contribution in [0.5, 0.6) is 0 Å². The number of ether oxygens (including phenoxy) is 1. The Balaban J connectivity index is 1.80. The Morgan fingerprint density at radius 3 is 3.00 bits per heavy atom. The number of piperidine rings is 1. The number of nitrogens with zero attached hydrogens (tertiary/aromatic N) is 2. The molecule has 0 saturated carbocycles. The van der Waals surface area contributed by atoms with Gasteiger partial charge in [-0.2, -0.15) is 0 Å². The summed E-state index contributed by atoms with van der Waals surface area (Å²) in [4.78, 5) is 6.93. The summed E-state index contributed by atoms with van der Waals surface area (Å²) in [5.41, 5.74) is 8.20. The number of nitrogens with two attached hydrogens (primary N) is 1. The summed E-state index contributed by atoms with van der Waals surface area (Å²) in [6.45, 7) is 5.16. The molecule has 112 valence electrons. The molecule has 0 aliphatic carbocycles. The Morgan fingerprint density at radius 1 is 1.38 bits per heavy atom. The number of hydrogen-bond donors (Lipinski definition) is 1. The average Bonchev–Trinajstić information content (AvgIpc) is 2.50. The van der Waals surface area contributed by atoms with Crippen molar-refractivity contribution in [2.45, 2.75) is 26.0 Å². The fourth-order valence-electron chi connectivity index (χ4n) is 3.09. The van der Waals surface area contributed by atoms with Crippen molar-refractivity contribution in [2.24, 2.45) is 5.92 Å². The minimum Gasteiger partial charge on any atom is -0.383 e. The predicted molar refractivity (Wildman–Crippen MR) is 86.0 cm³/mol. The summed E-state index contributed by atoms with van der Waals surface area (Å²) in [6.07, 6.45) is 1.48. The van der Waals surface area contributed by atoms with Crippen LogP contribution in [0, 0.1) is 5.92 Å². The molecule has 3 rings (SSSR count). The van der Waals surface area contributed by atoms with Gasteiger partial charge in [-0.05, 0) is 31.0 Å². The fourth-order valence-corrected chi connectivity index (χ4v) is 3.09. The first kappa shape index (κ1) is 14.3. The van der Waals surface area contributed by atoms with Gasteiger partial charge in [0, 0.05) is 31.1 Å². The summed E-state index contributed by atoms with van der Waals surface area (Å²) in [7, 11) is 1.80. The van der Waals surface area contributed by atoms with E-state index in [2.05, 4.69) is 28.9 Å². The van der Waals surface area contributed by atoms with E-state index >= 15 is 0 Å². The first-order valence-electron chi connectivity index (χ1n) is 7.56. The van der Waals surface area contributed by atoms with Crippen LogP contribution < -0.4 is 5.73 Å². The quantitative estimate of drug-likeness (QED) is 0.942. The van der Waals surface area contributed by atoms with Gasteiger partial charge in [-0.3, -0.25) is 4.90 Å². The third-order valence-electron chi connectivity index (χ3n) is 4.51. The summed E-state index contributed by atoms with van der Waals surface area (Å²) in [6, 6.07) is 10.3. The molecule has 2 atom stereocenters. The molecule has 1 aliphatic rings. The molecule has 0 bridgehead atoms. The summed E-state index contributed by atoms with van der Waals surface area (Å²) in [5.74, 6) is 1.26. The van der Waals surface area contributed by atoms with Crippen molar-refractivity contribution in [1.82, 2.24) is 9.88 Å². The van der Waals surface area contributed by atoms with Gasteiger partial charge in [-0.25, -0.2) is 4.98 Å². The Morgan fingerprint density at radius 2 is 2.19 bits per heavy atom. The molecule has 2 unspecified atom stereocenters. The maximum Gasteiger partial charge on any atom is 0.128 e. The summed E-state index contributed by atoms with van der Waals surface area (Å²) < 4.78 is 5.58. The molecule has 0 amide bonds. The van der Waals surface area contributed by atoms with Crippen molar-refractivity contribution in [3.8, 4) is 0 Å². The highest BCUT2D eigenvalue weighted by Crippen LogP contribution is 2.24. The molecule has 1 fully saturated rings. The Hall–Kier alpha value is -1.65. The third kappa shape index (κ3) is 3.01. The van der Waals surface area contributed by atoms with E-state index in [4.69, 9.17) is 10.5 Å². The van der Waals surface area contributed by atoms with Crippen LogP contribution in [0.3, 0.4) is 0 Å². The van der Waals surface area contributed by atoms with Crippen LogP contribution in [0.15, 0.2) is 30.3 Å². The van der Waals surface area contributed by atoms with E-state index in [1.807, 2.05) is 18.2 Å². The molecule has 2 aromatic rings. The zero-order valence-corrected chi connectivity index (χ0v) is 12.7. The number of hydrogen-bond acceptors (Lipinski definition) is 4. The fraction of sp³-hybridized carbons (Fsp3) is 0.471. The van der Waals surface area contributed by atoms with Crippen molar-refractivity contribution >= 4 is 16.7 Å². The SMILES string of the molecule is COC1CN(Cc2cc3ccccc3nc2N)CCC1C. The van der Waals surface area contributed by atoms with E-state index in [1.54, 1.807) is 7.11 Å². The monoisotopic (exact) mass is 285 g/mol. The van der Waals surface area contributed by atoms with Crippen LogP contribution in [0.25, 0.3) is 10.9 Å². The number of benzene rings is 1. The normalized spacial score (nSPS) is 23.5. The molecular weight excluding hydrogens is 262 g/mol. The molecule has 1 saturated heterocycles. The van der Waals surface area contributed by atoms with Crippen LogP contribution in [-0.4, -0.2) is 36.2 Å². The van der Waals surface area contributed by atoms with Gasteiger partial charge in [-0.1, -0.05) is 25.1 Å². The molecule has 1 aromatic carbocycles. The van der Waals surface area contributed by atoms with Crippen LogP contribution in [0.4, 0.5) is 5.82 Å². The predicted octanol–water partition coefficient (Wildman–Crippen LogP) is 2.67. The van der Waals surface area contributed by atoms with Gasteiger partial charge in [0.2, 0.25) is 0 Å². The highest BCUT2D eigenvalue weighted by molar-refractivity contribution is 5.81. The number of fused-ring (bicyclic) bond motifs is 1. The highest BCUT2D eigenvalue weighted by atomic mass is 16.5. The molecule has 0 radical (unpaired) electrons. The number of pyridine rings is 1. The number of likely N-dealkylation sites (tertiary alicyclic amines) is 1. The van der Waals surface area contributed by atoms with Gasteiger partial charge >= 0.3 is 0 Å². The molecule has 1 aromatic heterocycles. The molecule has 1 aliphatic heterocycles. The van der Waals surface area contributed by atoms with E-state index < -0.39 is 0 Å². The molecule has 0 spiro atoms. The lowest BCUT2D eigenvalue weighted by atomic mass is 9.95. The van der Waals surface area contributed by atoms with E-state index in [1.165, 1.54) is 6.42 Å². The van der Waals surface area contributed by atoms with Crippen molar-refractivity contribution < 1.29 is 4.74 Å². The topological polar surface area (TPSA) is 51.4 Å². The van der Waals surface area contributed by atoms with Crippen LogP contribution in [0.2, 0.25) is 0 Å². The molecular formula is C17H23N3O. The van der Waals surface area contributed by atoms with Gasteiger partial charge in [0.1, 0.15) is 5.82 Å². The molecule has 4 nitrogen and oxygen atoms in total. The molecule has 2 N–H and O–H groups in total. The molecule has 2 heterocycles. The van der Waals surface area contributed by atoms with Crippen molar-refractivity contribution in [3.63, 3.8) is 0 Å². The van der Waals surface area contributed by atoms with Crippen molar-refractivity contribution in [2.75, 3.05) is 25.9 Å². The standard InChI is InChI=1S/C17H23N3O/c1-12-7-8-20(11-16(12)21-2)10-14-9-13-5-3-4-6-15(13)19-17(14)18/h3-6,9,12,16H,7-8,10-11H2,1-2H3,(H2,18,19). The number of nitrogen functional groups attached to an aromatic ring is 1. The van der Waals surface area contributed by atoms with Gasteiger partial charge in [0.25, 0.3) is 0 Å². The minimum atomic E-state index is 0.313. The van der Waals surface area contributed by atoms with Crippen LogP contribution >= 0.6 is 0 Å². The second-order valence-electron chi connectivity index (χ2n) is 6.00. The lowest BCUT2D eigenvalue weighted by Crippen LogP contribution is -2.43. The zero-order valence-electron chi connectivity index (χ0n) is 12.7. The number of rotatable bonds is 3. The zero-order chi connectivity index (χ0) is 14.8. The minimum absolute atomic E-state index is 0.313. The largest absolute Gasteiger partial charge is 0.383 e. The van der Waals surface area contributed by atoms with Crippen LogP contribution in [-0.2, 0) is 11.3 Å². The summed E-state index contributed by atoms with van der Waals surface area (Å²) in [5, 5.41) is 1.15.